The standard InChI is InChI=1S/C26H14Br2N2S3/c27-21-13-19(15-7-3-1-4-8-15)25(31-21)17-11-12-18(24-23(17)29-33-30-24)26-20(14-22(28)32-26)16-9-5-2-6-10-16/h1-14H. The number of benzene rings is 3. The van der Waals surface area contributed by atoms with Crippen LogP contribution < -0.4 is 0 Å². The topological polar surface area (TPSA) is 25.8 Å². The molecule has 0 bridgehead atoms. The van der Waals surface area contributed by atoms with Gasteiger partial charge in [-0.3, -0.25) is 0 Å². The molecule has 6 aromatic rings. The first-order chi connectivity index (χ1) is 16.2. The van der Waals surface area contributed by atoms with Crippen LogP contribution in [0.3, 0.4) is 0 Å². The number of fused-ring (bicyclic) bond motifs is 1. The van der Waals surface area contributed by atoms with Gasteiger partial charge in [-0.2, -0.15) is 8.75 Å². The average molecular weight is 610 g/mol. The highest BCUT2D eigenvalue weighted by Crippen LogP contribution is 2.48. The maximum atomic E-state index is 4.75. The van der Waals surface area contributed by atoms with E-state index in [1.807, 2.05) is 12.1 Å². The van der Waals surface area contributed by atoms with Crippen LogP contribution in [0.5, 0.6) is 0 Å². The second kappa shape index (κ2) is 8.89. The predicted molar refractivity (Wildman–Crippen MR) is 150 cm³/mol. The highest BCUT2D eigenvalue weighted by molar-refractivity contribution is 9.11. The Morgan fingerprint density at radius 3 is 1.36 bits per heavy atom. The normalized spacial score (nSPS) is 11.3. The Morgan fingerprint density at radius 2 is 0.939 bits per heavy atom. The first-order valence-electron chi connectivity index (χ1n) is 10.1. The van der Waals surface area contributed by atoms with E-state index in [-0.39, 0.29) is 0 Å². The summed E-state index contributed by atoms with van der Waals surface area (Å²) < 4.78 is 11.7. The molecular weight excluding hydrogens is 596 g/mol. The lowest BCUT2D eigenvalue weighted by molar-refractivity contribution is 1.61. The van der Waals surface area contributed by atoms with Gasteiger partial charge < -0.3 is 0 Å². The summed E-state index contributed by atoms with van der Waals surface area (Å²) >= 11 is 12.1. The molecule has 0 unspecified atom stereocenters. The van der Waals surface area contributed by atoms with Crippen molar-refractivity contribution in [2.24, 2.45) is 0 Å². The van der Waals surface area contributed by atoms with Crippen molar-refractivity contribution in [2.45, 2.75) is 0 Å². The van der Waals surface area contributed by atoms with Gasteiger partial charge in [-0.15, -0.1) is 22.7 Å². The maximum absolute atomic E-state index is 4.75. The van der Waals surface area contributed by atoms with Crippen molar-refractivity contribution in [2.75, 3.05) is 0 Å². The summed E-state index contributed by atoms with van der Waals surface area (Å²) in [6.45, 7) is 0. The molecule has 0 saturated carbocycles. The molecule has 33 heavy (non-hydrogen) atoms. The van der Waals surface area contributed by atoms with Gasteiger partial charge in [0.15, 0.2) is 0 Å². The number of rotatable bonds is 4. The minimum absolute atomic E-state index is 0.951. The van der Waals surface area contributed by atoms with Gasteiger partial charge in [0.25, 0.3) is 0 Å². The molecule has 3 heterocycles. The molecule has 0 radical (unpaired) electrons. The van der Waals surface area contributed by atoms with Crippen molar-refractivity contribution in [1.29, 1.82) is 0 Å². The fourth-order valence-electron chi connectivity index (χ4n) is 4.02. The van der Waals surface area contributed by atoms with Crippen LogP contribution in [0, 0.1) is 0 Å². The van der Waals surface area contributed by atoms with E-state index in [9.17, 15) is 0 Å². The maximum Gasteiger partial charge on any atom is 0.114 e. The lowest BCUT2D eigenvalue weighted by Crippen LogP contribution is -1.86. The lowest BCUT2D eigenvalue weighted by Gasteiger charge is -2.09. The van der Waals surface area contributed by atoms with Crippen molar-refractivity contribution in [1.82, 2.24) is 8.75 Å². The Bertz CT molecular complexity index is 1470. The molecule has 0 spiro atoms. The summed E-state index contributed by atoms with van der Waals surface area (Å²) in [5.41, 5.74) is 8.95. The lowest BCUT2D eigenvalue weighted by atomic mass is 9.98. The van der Waals surface area contributed by atoms with Crippen molar-refractivity contribution in [3.05, 3.63) is 92.5 Å². The molecule has 0 aliphatic heterocycles. The molecule has 0 amide bonds. The van der Waals surface area contributed by atoms with Crippen molar-refractivity contribution >= 4 is 77.3 Å². The smallest absolute Gasteiger partial charge is 0.114 e. The van der Waals surface area contributed by atoms with Crippen LogP contribution in [0.2, 0.25) is 0 Å². The summed E-state index contributed by atoms with van der Waals surface area (Å²) in [5, 5.41) is 0. The van der Waals surface area contributed by atoms with Gasteiger partial charge in [-0.05, 0) is 55.1 Å². The van der Waals surface area contributed by atoms with Gasteiger partial charge in [0.1, 0.15) is 11.0 Å². The molecular formula is C26H14Br2N2S3. The molecule has 160 valence electrons. The fraction of sp³-hybridized carbons (Fsp3) is 0. The van der Waals surface area contributed by atoms with Crippen LogP contribution in [0.15, 0.2) is 92.5 Å². The zero-order valence-electron chi connectivity index (χ0n) is 17.0. The quantitative estimate of drug-likeness (QED) is 0.199. The molecule has 0 aliphatic carbocycles. The number of aromatic nitrogens is 2. The molecule has 3 aromatic heterocycles. The molecule has 7 heteroatoms. The Labute approximate surface area is 220 Å². The third-order valence-electron chi connectivity index (χ3n) is 5.48. The molecule has 0 aliphatic rings. The molecule has 0 saturated heterocycles. The Balaban J connectivity index is 1.55. The summed E-state index contributed by atoms with van der Waals surface area (Å²) in [4.78, 5) is 2.40. The van der Waals surface area contributed by atoms with Crippen LogP contribution in [0.4, 0.5) is 0 Å². The summed E-state index contributed by atoms with van der Waals surface area (Å²) in [6.07, 6.45) is 0. The number of halogens is 2. The molecule has 2 nitrogen and oxygen atoms in total. The van der Waals surface area contributed by atoms with Crippen LogP contribution >= 0.6 is 66.3 Å². The molecule has 0 atom stereocenters. The summed E-state index contributed by atoms with van der Waals surface area (Å²) in [6, 6.07) is 29.8. The predicted octanol–water partition coefficient (Wildman–Crippen LogP) is 10.0. The molecule has 6 rings (SSSR count). The minimum Gasteiger partial charge on any atom is -0.172 e. The largest absolute Gasteiger partial charge is 0.172 e. The van der Waals surface area contributed by atoms with Crippen LogP contribution in [0.25, 0.3) is 54.2 Å². The second-order valence-corrected chi connectivity index (χ2v) is 12.8. The monoisotopic (exact) mass is 608 g/mol. The SMILES string of the molecule is Brc1cc(-c2ccccc2)c(-c2ccc(-c3sc(Br)cc3-c3ccccc3)c3nsnc23)s1. The van der Waals surface area contributed by atoms with Crippen LogP contribution in [0.1, 0.15) is 0 Å². The Kier molecular flexibility index (Phi) is 5.76. The van der Waals surface area contributed by atoms with E-state index < -0.39 is 0 Å². The van der Waals surface area contributed by atoms with Crippen molar-refractivity contribution < 1.29 is 0 Å². The van der Waals surface area contributed by atoms with Crippen molar-refractivity contribution in [3.63, 3.8) is 0 Å². The number of hydrogen-bond acceptors (Lipinski definition) is 5. The summed E-state index contributed by atoms with van der Waals surface area (Å²) in [7, 11) is 0. The fourth-order valence-corrected chi connectivity index (χ4v) is 7.89. The molecule has 0 N–H and O–H groups in total. The Morgan fingerprint density at radius 1 is 0.515 bits per heavy atom. The van der Waals surface area contributed by atoms with E-state index in [1.54, 1.807) is 22.7 Å². The van der Waals surface area contributed by atoms with Crippen LogP contribution in [-0.2, 0) is 0 Å². The zero-order valence-corrected chi connectivity index (χ0v) is 22.6. The highest BCUT2D eigenvalue weighted by Gasteiger charge is 2.21. The van der Waals surface area contributed by atoms with Gasteiger partial charge in [-0.25, -0.2) is 0 Å². The first-order valence-corrected chi connectivity index (χ1v) is 14.1. The third kappa shape index (κ3) is 3.92. The van der Waals surface area contributed by atoms with Gasteiger partial charge in [0, 0.05) is 32.0 Å². The van der Waals surface area contributed by atoms with E-state index in [0.29, 0.717) is 0 Å². The van der Waals surface area contributed by atoms with Gasteiger partial charge in [0.05, 0.1) is 19.3 Å². The van der Waals surface area contributed by atoms with E-state index >= 15 is 0 Å². The van der Waals surface area contributed by atoms with Gasteiger partial charge in [0.2, 0.25) is 0 Å². The average Bonchev–Trinajstić information content (AvgIpc) is 3.58. The Hall–Kier alpha value is -2.16. The first kappa shape index (κ1) is 21.4. The highest BCUT2D eigenvalue weighted by atomic mass is 79.9. The number of hydrogen-bond donors (Lipinski definition) is 0. The number of nitrogens with zero attached hydrogens (tertiary/aromatic N) is 2. The van der Waals surface area contributed by atoms with Crippen LogP contribution in [-0.4, -0.2) is 8.75 Å². The van der Waals surface area contributed by atoms with E-state index in [2.05, 4.69) is 105 Å². The molecule has 3 aromatic carbocycles. The summed E-state index contributed by atoms with van der Waals surface area (Å²) in [5.74, 6) is 0. The van der Waals surface area contributed by atoms with E-state index in [0.717, 1.165) is 29.7 Å². The molecule has 0 fully saturated rings. The zero-order chi connectivity index (χ0) is 22.4. The third-order valence-corrected chi connectivity index (χ3v) is 9.35. The van der Waals surface area contributed by atoms with Crippen molar-refractivity contribution in [3.8, 4) is 43.1 Å². The van der Waals surface area contributed by atoms with E-state index in [1.165, 1.54) is 43.7 Å². The van der Waals surface area contributed by atoms with E-state index in [4.69, 9.17) is 8.75 Å². The minimum atomic E-state index is 0.951. The second-order valence-electron chi connectivity index (χ2n) is 7.44. The number of thiophene rings is 2. The van der Waals surface area contributed by atoms with Gasteiger partial charge >= 0.3 is 0 Å². The van der Waals surface area contributed by atoms with Gasteiger partial charge in [-0.1, -0.05) is 72.8 Å².